The molecule has 2 fully saturated rings. The smallest absolute Gasteiger partial charge is 0.227 e. The molecule has 9 heteroatoms. The topological polar surface area (TPSA) is 94.5 Å². The van der Waals surface area contributed by atoms with Crippen molar-refractivity contribution in [2.75, 3.05) is 28.6 Å². The van der Waals surface area contributed by atoms with E-state index in [1.165, 1.54) is 24.6 Å². The Kier molecular flexibility index (Phi) is 6.66. The fourth-order valence-corrected chi connectivity index (χ4v) is 5.11. The average Bonchev–Trinajstić information content (AvgIpc) is 3.19. The number of hydrazone groups is 1. The number of amidine groups is 1. The fourth-order valence-electron chi connectivity index (χ4n) is 4.35. The third-order valence-corrected chi connectivity index (χ3v) is 7.24. The van der Waals surface area contributed by atoms with Crippen molar-refractivity contribution >= 4 is 40.8 Å². The molecule has 2 aliphatic heterocycles. The van der Waals surface area contributed by atoms with Crippen LogP contribution in [0.2, 0.25) is 0 Å². The van der Waals surface area contributed by atoms with Crippen molar-refractivity contribution in [1.82, 2.24) is 15.4 Å². The zero-order valence-electron chi connectivity index (χ0n) is 19.0. The third-order valence-electron chi connectivity index (χ3n) is 6.37. The van der Waals surface area contributed by atoms with Gasteiger partial charge >= 0.3 is 0 Å². The molecule has 1 aromatic carbocycles. The van der Waals surface area contributed by atoms with Crippen LogP contribution in [0, 0.1) is 5.92 Å². The van der Waals surface area contributed by atoms with Gasteiger partial charge in [0.05, 0.1) is 0 Å². The Bertz CT molecular complexity index is 1020. The molecule has 1 atom stereocenters. The summed E-state index contributed by atoms with van der Waals surface area (Å²) in [4.78, 5) is 25.3. The molecular weight excluding hydrogens is 434 g/mol. The van der Waals surface area contributed by atoms with E-state index in [0.717, 1.165) is 73.2 Å². The predicted molar refractivity (Wildman–Crippen MR) is 133 cm³/mol. The highest BCUT2D eigenvalue weighted by Gasteiger charge is 2.22. The van der Waals surface area contributed by atoms with Crippen LogP contribution in [-0.2, 0) is 4.79 Å². The zero-order chi connectivity index (χ0) is 22.6. The molecule has 3 heterocycles. The minimum absolute atomic E-state index is 0.148. The van der Waals surface area contributed by atoms with Crippen molar-refractivity contribution in [2.24, 2.45) is 11.0 Å². The number of carbonyl (C=O) groups excluding carboxylic acids is 1. The fraction of sp³-hybridized carbons (Fsp3) is 0.500. The molecule has 2 aromatic rings. The number of nitrogens with zero attached hydrogens (tertiary/aromatic N) is 4. The van der Waals surface area contributed by atoms with E-state index in [4.69, 9.17) is 9.97 Å². The summed E-state index contributed by atoms with van der Waals surface area (Å²) in [5.74, 6) is 2.90. The predicted octanol–water partition coefficient (Wildman–Crippen LogP) is 4.46. The number of anilines is 3. The molecular formula is C24H31N7OS. The number of hydrogen-bond acceptors (Lipinski definition) is 8. The maximum Gasteiger partial charge on any atom is 0.227 e. The van der Waals surface area contributed by atoms with Gasteiger partial charge in [-0.2, -0.15) is 5.10 Å². The van der Waals surface area contributed by atoms with Gasteiger partial charge in [0.15, 0.2) is 5.16 Å². The lowest BCUT2D eigenvalue weighted by molar-refractivity contribution is -0.120. The number of aromatic nitrogens is 2. The lowest BCUT2D eigenvalue weighted by atomic mass is 9.88. The zero-order valence-corrected chi connectivity index (χ0v) is 19.8. The molecule has 1 amide bonds. The highest BCUT2D eigenvalue weighted by Crippen LogP contribution is 2.31. The first-order chi connectivity index (χ1) is 16.1. The number of benzene rings is 1. The Morgan fingerprint density at radius 2 is 1.88 bits per heavy atom. The minimum Gasteiger partial charge on any atom is -0.356 e. The van der Waals surface area contributed by atoms with Gasteiger partial charge in [0.2, 0.25) is 5.91 Å². The molecule has 0 spiro atoms. The number of hydrogen-bond donors (Lipinski definition) is 3. The Hall–Kier alpha value is -2.81. The van der Waals surface area contributed by atoms with Crippen molar-refractivity contribution < 1.29 is 4.79 Å². The van der Waals surface area contributed by atoms with Crippen LogP contribution < -0.4 is 21.0 Å². The number of amides is 1. The van der Waals surface area contributed by atoms with Crippen molar-refractivity contribution in [3.8, 4) is 0 Å². The van der Waals surface area contributed by atoms with Crippen LogP contribution >= 0.6 is 11.8 Å². The van der Waals surface area contributed by atoms with Gasteiger partial charge in [-0.3, -0.25) is 4.79 Å². The normalized spacial score (nSPS) is 20.6. The van der Waals surface area contributed by atoms with Gasteiger partial charge in [-0.25, -0.2) is 9.97 Å². The van der Waals surface area contributed by atoms with Crippen LogP contribution in [0.25, 0.3) is 0 Å². The largest absolute Gasteiger partial charge is 0.356 e. The van der Waals surface area contributed by atoms with Crippen molar-refractivity contribution in [3.05, 3.63) is 30.3 Å². The summed E-state index contributed by atoms with van der Waals surface area (Å²) in [7, 11) is 0. The molecule has 1 aromatic heterocycles. The molecule has 8 nitrogen and oxygen atoms in total. The van der Waals surface area contributed by atoms with Crippen LogP contribution in [0.5, 0.6) is 0 Å². The van der Waals surface area contributed by atoms with Crippen molar-refractivity contribution in [2.45, 2.75) is 68.0 Å². The summed E-state index contributed by atoms with van der Waals surface area (Å²) in [5, 5.41) is 11.5. The molecule has 3 aliphatic rings. The summed E-state index contributed by atoms with van der Waals surface area (Å²) in [5.41, 5.74) is 3.92. The van der Waals surface area contributed by atoms with E-state index in [9.17, 15) is 4.79 Å². The average molecular weight is 466 g/mol. The molecule has 1 saturated heterocycles. The summed E-state index contributed by atoms with van der Waals surface area (Å²) < 4.78 is 0. The van der Waals surface area contributed by atoms with E-state index < -0.39 is 0 Å². The standard InChI is InChI=1S/C24H31N7OS/c1-16-14-21(30-29-16)26-20-15-22(31-12-5-13-31)28-24(27-20)33-19-10-8-18(9-11-19)25-23(32)17-6-3-2-4-7-17/h8-11,15-17,29H,2-7,12-14H2,1H3,(H,25,32)(H,26,27,28,30). The Balaban J connectivity index is 1.26. The molecule has 33 heavy (non-hydrogen) atoms. The highest BCUT2D eigenvalue weighted by atomic mass is 32.2. The quantitative estimate of drug-likeness (QED) is 0.542. The SMILES string of the molecule is CC1CC(Nc2cc(N3CCC3)nc(Sc3ccc(NC(=O)C4CCCCC4)cc3)n2)=NN1. The van der Waals surface area contributed by atoms with E-state index in [0.29, 0.717) is 11.2 Å². The van der Waals surface area contributed by atoms with Crippen molar-refractivity contribution in [1.29, 1.82) is 0 Å². The molecule has 1 saturated carbocycles. The second-order valence-corrected chi connectivity index (χ2v) is 10.1. The summed E-state index contributed by atoms with van der Waals surface area (Å²) in [6.45, 7) is 4.15. The van der Waals surface area contributed by atoms with Crippen LogP contribution in [0.4, 0.5) is 17.3 Å². The monoisotopic (exact) mass is 465 g/mol. The molecule has 1 unspecified atom stereocenters. The molecule has 5 rings (SSSR count). The van der Waals surface area contributed by atoms with Crippen molar-refractivity contribution in [3.63, 3.8) is 0 Å². The van der Waals surface area contributed by atoms with E-state index in [1.54, 1.807) is 0 Å². The molecule has 3 N–H and O–H groups in total. The van der Waals surface area contributed by atoms with E-state index >= 15 is 0 Å². The van der Waals surface area contributed by atoms with Gasteiger partial charge < -0.3 is 21.0 Å². The number of carbonyl (C=O) groups is 1. The second-order valence-electron chi connectivity index (χ2n) is 9.10. The van der Waals surface area contributed by atoms with Crippen LogP contribution in [0.15, 0.2) is 45.5 Å². The van der Waals surface area contributed by atoms with Crippen LogP contribution in [-0.4, -0.2) is 40.8 Å². The second kappa shape index (κ2) is 9.99. The Morgan fingerprint density at radius 3 is 2.55 bits per heavy atom. The Morgan fingerprint density at radius 1 is 1.09 bits per heavy atom. The lowest BCUT2D eigenvalue weighted by Gasteiger charge is -2.32. The molecule has 174 valence electrons. The van der Waals surface area contributed by atoms with Gasteiger partial charge in [0.1, 0.15) is 17.5 Å². The number of nitrogens with one attached hydrogen (secondary N) is 3. The highest BCUT2D eigenvalue weighted by molar-refractivity contribution is 7.99. The Labute approximate surface area is 199 Å². The maximum absolute atomic E-state index is 12.5. The van der Waals surface area contributed by atoms with Gasteiger partial charge in [0, 0.05) is 48.1 Å². The van der Waals surface area contributed by atoms with E-state index in [1.807, 2.05) is 30.3 Å². The molecule has 1 aliphatic carbocycles. The van der Waals surface area contributed by atoms with Gasteiger partial charge in [-0.1, -0.05) is 19.3 Å². The lowest BCUT2D eigenvalue weighted by Crippen LogP contribution is -2.37. The third kappa shape index (κ3) is 5.58. The van der Waals surface area contributed by atoms with Gasteiger partial charge in [-0.05, 0) is 62.2 Å². The molecule has 0 radical (unpaired) electrons. The summed E-state index contributed by atoms with van der Waals surface area (Å²) in [6, 6.07) is 10.3. The van der Waals surface area contributed by atoms with Crippen LogP contribution in [0.1, 0.15) is 51.9 Å². The van der Waals surface area contributed by atoms with Gasteiger partial charge in [-0.15, -0.1) is 0 Å². The minimum atomic E-state index is 0.148. The van der Waals surface area contributed by atoms with Gasteiger partial charge in [0.25, 0.3) is 0 Å². The molecule has 0 bridgehead atoms. The van der Waals surface area contributed by atoms with Crippen LogP contribution in [0.3, 0.4) is 0 Å². The first kappa shape index (κ1) is 22.0. The first-order valence-corrected chi connectivity index (χ1v) is 12.8. The summed E-state index contributed by atoms with van der Waals surface area (Å²) >= 11 is 1.52. The maximum atomic E-state index is 12.5. The van der Waals surface area contributed by atoms with E-state index in [2.05, 4.69) is 33.0 Å². The number of rotatable bonds is 6. The summed E-state index contributed by atoms with van der Waals surface area (Å²) in [6.07, 6.45) is 7.60. The van der Waals surface area contributed by atoms with E-state index in [-0.39, 0.29) is 11.8 Å². The first-order valence-electron chi connectivity index (χ1n) is 11.9.